The highest BCUT2D eigenvalue weighted by Crippen LogP contribution is 2.27. The zero-order chi connectivity index (χ0) is 13.5. The van der Waals surface area contributed by atoms with Gasteiger partial charge in [-0.2, -0.15) is 0 Å². The van der Waals surface area contributed by atoms with E-state index in [-0.39, 0.29) is 12.4 Å². The van der Waals surface area contributed by atoms with Gasteiger partial charge in [-0.1, -0.05) is 30.3 Å². The highest BCUT2D eigenvalue weighted by atomic mass is 35.5. The van der Waals surface area contributed by atoms with E-state index in [2.05, 4.69) is 16.7 Å². The van der Waals surface area contributed by atoms with Crippen LogP contribution in [0.1, 0.15) is 0 Å². The molecule has 0 aliphatic heterocycles. The van der Waals surface area contributed by atoms with Crippen LogP contribution in [0.5, 0.6) is 0 Å². The van der Waals surface area contributed by atoms with E-state index in [1.165, 1.54) is 0 Å². The minimum absolute atomic E-state index is 0. The van der Waals surface area contributed by atoms with Crippen molar-refractivity contribution in [3.8, 4) is 0 Å². The summed E-state index contributed by atoms with van der Waals surface area (Å²) in [7, 11) is 0. The van der Waals surface area contributed by atoms with Crippen LogP contribution in [0.3, 0.4) is 0 Å². The van der Waals surface area contributed by atoms with Gasteiger partial charge in [0, 0.05) is 18.5 Å². The Morgan fingerprint density at radius 1 is 0.905 bits per heavy atom. The molecule has 0 aliphatic rings. The Balaban J connectivity index is 0.00000132. The van der Waals surface area contributed by atoms with Crippen LogP contribution < -0.4 is 5.73 Å². The van der Waals surface area contributed by atoms with Gasteiger partial charge in [-0.25, -0.2) is 9.97 Å². The molecule has 0 saturated carbocycles. The van der Waals surface area contributed by atoms with Crippen molar-refractivity contribution >= 4 is 45.5 Å². The maximum absolute atomic E-state index is 5.75. The number of hydrogen-bond donors (Lipinski definition) is 1. The average molecular weight is 299 g/mol. The number of benzene rings is 2. The van der Waals surface area contributed by atoms with Crippen molar-refractivity contribution in [2.75, 3.05) is 6.54 Å². The van der Waals surface area contributed by atoms with Crippen molar-refractivity contribution in [2.45, 2.75) is 6.54 Å². The van der Waals surface area contributed by atoms with Crippen molar-refractivity contribution in [3.05, 3.63) is 48.5 Å². The van der Waals surface area contributed by atoms with Crippen molar-refractivity contribution < 1.29 is 0 Å². The predicted octanol–water partition coefficient (Wildman–Crippen LogP) is 3.12. The first-order valence-electron chi connectivity index (χ1n) is 6.72. The van der Waals surface area contributed by atoms with Crippen LogP contribution in [0.2, 0.25) is 0 Å². The van der Waals surface area contributed by atoms with Gasteiger partial charge in [0.15, 0.2) is 5.65 Å². The molecule has 106 valence electrons. The summed E-state index contributed by atoms with van der Waals surface area (Å²) in [6.45, 7) is 1.33. The summed E-state index contributed by atoms with van der Waals surface area (Å²) in [6.07, 6.45) is 0. The fraction of sp³-hybridized carbons (Fsp3) is 0.125. The highest BCUT2D eigenvalue weighted by molar-refractivity contribution is 6.06. The Labute approximate surface area is 128 Å². The number of nitrogens with two attached hydrogens (primary N) is 1. The zero-order valence-electron chi connectivity index (χ0n) is 11.4. The molecule has 2 N–H and O–H groups in total. The summed E-state index contributed by atoms with van der Waals surface area (Å²) >= 11 is 0. The first-order valence-corrected chi connectivity index (χ1v) is 6.72. The Morgan fingerprint density at radius 3 is 2.33 bits per heavy atom. The number of nitrogens with zero attached hydrogens (tertiary/aromatic N) is 3. The van der Waals surface area contributed by atoms with Crippen molar-refractivity contribution in [3.63, 3.8) is 0 Å². The topological polar surface area (TPSA) is 56.7 Å². The summed E-state index contributed by atoms with van der Waals surface area (Å²) in [5.41, 5.74) is 10.6. The third-order valence-electron chi connectivity index (χ3n) is 3.61. The molecule has 4 rings (SSSR count). The van der Waals surface area contributed by atoms with Crippen molar-refractivity contribution in [1.29, 1.82) is 0 Å². The lowest BCUT2D eigenvalue weighted by Gasteiger charge is -2.04. The van der Waals surface area contributed by atoms with Crippen LogP contribution in [0.25, 0.3) is 33.1 Å². The lowest BCUT2D eigenvalue weighted by Crippen LogP contribution is -2.10. The maximum atomic E-state index is 5.75. The van der Waals surface area contributed by atoms with Gasteiger partial charge in [-0.05, 0) is 18.2 Å². The lowest BCUT2D eigenvalue weighted by molar-refractivity contribution is 0.751. The summed E-state index contributed by atoms with van der Waals surface area (Å²) in [6, 6.07) is 16.2. The minimum Gasteiger partial charge on any atom is -0.329 e. The molecular weight excluding hydrogens is 284 g/mol. The molecule has 21 heavy (non-hydrogen) atoms. The van der Waals surface area contributed by atoms with E-state index in [1.807, 2.05) is 36.4 Å². The highest BCUT2D eigenvalue weighted by Gasteiger charge is 2.13. The summed E-state index contributed by atoms with van der Waals surface area (Å²) in [5.74, 6) is 0. The molecule has 0 aliphatic carbocycles. The molecule has 0 amide bonds. The largest absolute Gasteiger partial charge is 0.329 e. The quantitative estimate of drug-likeness (QED) is 0.618. The second-order valence-corrected chi connectivity index (χ2v) is 4.84. The number of para-hydroxylation sites is 3. The number of rotatable bonds is 2. The maximum Gasteiger partial charge on any atom is 0.160 e. The first-order chi connectivity index (χ1) is 9.88. The standard InChI is InChI=1S/C16H14N4.ClH/c17-9-10-20-14-8-4-1-5-11(14)15-16(20)19-13-7-3-2-6-12(13)18-15;/h1-8H,9-10,17H2;1H. The summed E-state index contributed by atoms with van der Waals surface area (Å²) < 4.78 is 2.16. The smallest absolute Gasteiger partial charge is 0.160 e. The van der Waals surface area contributed by atoms with Gasteiger partial charge in [-0.15, -0.1) is 12.4 Å². The second kappa shape index (κ2) is 5.31. The first kappa shape index (κ1) is 13.8. The molecule has 0 atom stereocenters. The van der Waals surface area contributed by atoms with E-state index < -0.39 is 0 Å². The zero-order valence-corrected chi connectivity index (χ0v) is 12.2. The molecule has 2 heterocycles. The van der Waals surface area contributed by atoms with E-state index in [0.717, 1.165) is 39.6 Å². The van der Waals surface area contributed by atoms with Gasteiger partial charge >= 0.3 is 0 Å². The van der Waals surface area contributed by atoms with Gasteiger partial charge in [0.05, 0.1) is 16.6 Å². The minimum atomic E-state index is 0. The fourth-order valence-electron chi connectivity index (χ4n) is 2.74. The third kappa shape index (κ3) is 2.04. The van der Waals surface area contributed by atoms with E-state index >= 15 is 0 Å². The van der Waals surface area contributed by atoms with E-state index in [4.69, 9.17) is 15.7 Å². The molecule has 2 aromatic carbocycles. The van der Waals surface area contributed by atoms with Crippen LogP contribution >= 0.6 is 12.4 Å². The Bertz CT molecular complexity index is 929. The molecule has 0 radical (unpaired) electrons. The molecule has 5 heteroatoms. The lowest BCUT2D eigenvalue weighted by atomic mass is 10.2. The second-order valence-electron chi connectivity index (χ2n) is 4.84. The van der Waals surface area contributed by atoms with Crippen LogP contribution in [-0.2, 0) is 6.54 Å². The van der Waals surface area contributed by atoms with Crippen LogP contribution in [0.15, 0.2) is 48.5 Å². The van der Waals surface area contributed by atoms with Crippen LogP contribution in [-0.4, -0.2) is 21.1 Å². The normalized spacial score (nSPS) is 11.1. The molecule has 0 unspecified atom stereocenters. The molecular formula is C16H15ClN4. The van der Waals surface area contributed by atoms with Crippen LogP contribution in [0, 0.1) is 0 Å². The van der Waals surface area contributed by atoms with Crippen molar-refractivity contribution in [2.24, 2.45) is 5.73 Å². The number of aromatic nitrogens is 3. The van der Waals surface area contributed by atoms with E-state index in [0.29, 0.717) is 6.54 Å². The molecule has 0 bridgehead atoms. The Hall–Kier alpha value is -2.17. The summed E-state index contributed by atoms with van der Waals surface area (Å²) in [5, 5.41) is 1.13. The predicted molar refractivity (Wildman–Crippen MR) is 88.8 cm³/mol. The van der Waals surface area contributed by atoms with Crippen molar-refractivity contribution in [1.82, 2.24) is 14.5 Å². The molecule has 0 spiro atoms. The SMILES string of the molecule is Cl.NCCn1c2ccccc2c2nc3ccccc3nc21. The average Bonchev–Trinajstić information content (AvgIpc) is 2.80. The third-order valence-corrected chi connectivity index (χ3v) is 3.61. The molecule has 4 aromatic rings. The van der Waals surface area contributed by atoms with Gasteiger partial charge in [0.25, 0.3) is 0 Å². The van der Waals surface area contributed by atoms with Gasteiger partial charge in [0.2, 0.25) is 0 Å². The van der Waals surface area contributed by atoms with E-state index in [1.54, 1.807) is 0 Å². The van der Waals surface area contributed by atoms with E-state index in [9.17, 15) is 0 Å². The number of halogens is 1. The van der Waals surface area contributed by atoms with Gasteiger partial charge < -0.3 is 10.3 Å². The van der Waals surface area contributed by atoms with Gasteiger partial charge in [0.1, 0.15) is 5.52 Å². The number of fused-ring (bicyclic) bond motifs is 4. The number of hydrogen-bond acceptors (Lipinski definition) is 3. The van der Waals surface area contributed by atoms with Gasteiger partial charge in [-0.3, -0.25) is 0 Å². The summed E-state index contributed by atoms with van der Waals surface area (Å²) in [4.78, 5) is 9.56. The molecule has 4 nitrogen and oxygen atoms in total. The molecule has 2 aromatic heterocycles. The molecule has 0 saturated heterocycles. The fourth-order valence-corrected chi connectivity index (χ4v) is 2.74. The monoisotopic (exact) mass is 298 g/mol. The Kier molecular flexibility index (Phi) is 3.49. The Morgan fingerprint density at radius 2 is 1.57 bits per heavy atom. The van der Waals surface area contributed by atoms with Crippen LogP contribution in [0.4, 0.5) is 0 Å². The molecule has 0 fully saturated rings.